The van der Waals surface area contributed by atoms with Gasteiger partial charge in [-0.1, -0.05) is 42.5 Å². The van der Waals surface area contributed by atoms with Crippen molar-refractivity contribution in [3.63, 3.8) is 0 Å². The first-order valence-electron chi connectivity index (χ1n) is 9.69. The van der Waals surface area contributed by atoms with Gasteiger partial charge in [0.15, 0.2) is 0 Å². The molecule has 1 aromatic heterocycles. The second-order valence-electron chi connectivity index (χ2n) is 7.12. The molecule has 0 spiro atoms. The molecular formula is C25H22N2O3. The second kappa shape index (κ2) is 8.25. The molecule has 5 nitrogen and oxygen atoms in total. The van der Waals surface area contributed by atoms with Crippen molar-refractivity contribution >= 4 is 22.5 Å². The lowest BCUT2D eigenvalue weighted by atomic mass is 10.1. The number of anilines is 1. The number of hydrogen-bond donors (Lipinski definition) is 1. The van der Waals surface area contributed by atoms with Gasteiger partial charge in [0, 0.05) is 16.8 Å². The Morgan fingerprint density at radius 2 is 1.73 bits per heavy atom. The largest absolute Gasteiger partial charge is 0.497 e. The average Bonchev–Trinajstić information content (AvgIpc) is 2.78. The molecule has 0 atom stereocenters. The van der Waals surface area contributed by atoms with Gasteiger partial charge in [0.25, 0.3) is 11.5 Å². The van der Waals surface area contributed by atoms with Crippen LogP contribution in [0.4, 0.5) is 5.69 Å². The number of carbonyl (C=O) groups is 1. The second-order valence-corrected chi connectivity index (χ2v) is 7.12. The Morgan fingerprint density at radius 1 is 0.967 bits per heavy atom. The maximum absolute atomic E-state index is 13.4. The van der Waals surface area contributed by atoms with Crippen molar-refractivity contribution in [3.05, 3.63) is 106 Å². The maximum atomic E-state index is 13.4. The van der Waals surface area contributed by atoms with Crippen LogP contribution in [0.5, 0.6) is 5.75 Å². The summed E-state index contributed by atoms with van der Waals surface area (Å²) in [5.41, 5.74) is 3.35. The topological polar surface area (TPSA) is 62.4 Å². The lowest BCUT2D eigenvalue weighted by molar-refractivity contribution is 0.0984. The Balaban J connectivity index is 1.78. The first-order chi connectivity index (χ1) is 14.6. The predicted octanol–water partition coefficient (Wildman–Crippen LogP) is 4.69. The van der Waals surface area contributed by atoms with Crippen molar-refractivity contribution in [2.45, 2.75) is 13.5 Å². The van der Waals surface area contributed by atoms with E-state index in [0.717, 1.165) is 16.5 Å². The number of amides is 1. The van der Waals surface area contributed by atoms with Crippen LogP contribution in [0.25, 0.3) is 10.9 Å². The van der Waals surface area contributed by atoms with Crippen LogP contribution in [0, 0.1) is 6.92 Å². The van der Waals surface area contributed by atoms with Crippen molar-refractivity contribution in [1.82, 2.24) is 4.98 Å². The number of para-hydroxylation sites is 2. The van der Waals surface area contributed by atoms with Crippen LogP contribution in [0.1, 0.15) is 21.5 Å². The standard InChI is InChI=1S/C25H22N2O3/c1-17-8-6-9-18-14-20(24(28)26-23(17)18)16-27(21-11-4-3-5-12-21)25(29)19-10-7-13-22(15-19)30-2/h3-15H,16H2,1-2H3,(H,26,28). The Hall–Kier alpha value is -3.86. The van der Waals surface area contributed by atoms with E-state index >= 15 is 0 Å². The van der Waals surface area contributed by atoms with Crippen molar-refractivity contribution in [2.75, 3.05) is 12.0 Å². The monoisotopic (exact) mass is 398 g/mol. The highest BCUT2D eigenvalue weighted by Crippen LogP contribution is 2.22. The van der Waals surface area contributed by atoms with E-state index in [9.17, 15) is 9.59 Å². The van der Waals surface area contributed by atoms with Gasteiger partial charge >= 0.3 is 0 Å². The third-order valence-electron chi connectivity index (χ3n) is 5.12. The molecule has 4 rings (SSSR count). The van der Waals surface area contributed by atoms with E-state index in [0.29, 0.717) is 22.6 Å². The summed E-state index contributed by atoms with van der Waals surface area (Å²) in [4.78, 5) is 30.8. The number of H-pyrrole nitrogens is 1. The number of rotatable bonds is 5. The summed E-state index contributed by atoms with van der Waals surface area (Å²) in [5.74, 6) is 0.400. The van der Waals surface area contributed by atoms with E-state index < -0.39 is 0 Å². The number of aromatic nitrogens is 1. The van der Waals surface area contributed by atoms with Crippen molar-refractivity contribution in [2.24, 2.45) is 0 Å². The van der Waals surface area contributed by atoms with Gasteiger partial charge in [-0.05, 0) is 54.3 Å². The van der Waals surface area contributed by atoms with Gasteiger partial charge in [-0.2, -0.15) is 0 Å². The van der Waals surface area contributed by atoms with Crippen LogP contribution in [0.2, 0.25) is 0 Å². The minimum atomic E-state index is -0.205. The minimum Gasteiger partial charge on any atom is -0.497 e. The number of aryl methyl sites for hydroxylation is 1. The van der Waals surface area contributed by atoms with Gasteiger partial charge in [0.05, 0.1) is 19.2 Å². The molecule has 0 saturated carbocycles. The van der Waals surface area contributed by atoms with Crippen molar-refractivity contribution in [1.29, 1.82) is 0 Å². The fourth-order valence-electron chi connectivity index (χ4n) is 3.52. The average molecular weight is 398 g/mol. The van der Waals surface area contributed by atoms with Crippen LogP contribution in [0.3, 0.4) is 0 Å². The van der Waals surface area contributed by atoms with Crippen molar-refractivity contribution in [3.8, 4) is 5.75 Å². The van der Waals surface area contributed by atoms with Gasteiger partial charge in [0.2, 0.25) is 0 Å². The van der Waals surface area contributed by atoms with Gasteiger partial charge in [-0.15, -0.1) is 0 Å². The number of benzene rings is 3. The number of aromatic amines is 1. The van der Waals surface area contributed by atoms with Crippen molar-refractivity contribution < 1.29 is 9.53 Å². The number of nitrogens with one attached hydrogen (secondary N) is 1. The number of fused-ring (bicyclic) bond motifs is 1. The summed E-state index contributed by atoms with van der Waals surface area (Å²) in [5, 5.41) is 0.937. The zero-order valence-corrected chi connectivity index (χ0v) is 16.9. The molecule has 0 unspecified atom stereocenters. The third-order valence-corrected chi connectivity index (χ3v) is 5.12. The Bertz CT molecular complexity index is 1260. The normalized spacial score (nSPS) is 10.7. The number of methoxy groups -OCH3 is 1. The van der Waals surface area contributed by atoms with E-state index in [1.165, 1.54) is 0 Å². The summed E-state index contributed by atoms with van der Waals surface area (Å²) in [6.07, 6.45) is 0. The fourth-order valence-corrected chi connectivity index (χ4v) is 3.52. The van der Waals surface area contributed by atoms with E-state index in [2.05, 4.69) is 4.98 Å². The van der Waals surface area contributed by atoms with Gasteiger partial charge in [-0.25, -0.2) is 0 Å². The molecule has 30 heavy (non-hydrogen) atoms. The smallest absolute Gasteiger partial charge is 0.258 e. The van der Waals surface area contributed by atoms with E-state index in [1.807, 2.05) is 61.5 Å². The zero-order valence-electron chi connectivity index (χ0n) is 16.9. The zero-order chi connectivity index (χ0) is 21.1. The summed E-state index contributed by atoms with van der Waals surface area (Å²) < 4.78 is 5.26. The molecular weight excluding hydrogens is 376 g/mol. The molecule has 0 aliphatic carbocycles. The molecule has 0 radical (unpaired) electrons. The van der Waals surface area contributed by atoms with E-state index in [1.54, 1.807) is 36.3 Å². The lowest BCUT2D eigenvalue weighted by Gasteiger charge is -2.23. The summed E-state index contributed by atoms with van der Waals surface area (Å²) >= 11 is 0. The van der Waals surface area contributed by atoms with Crippen LogP contribution in [0.15, 0.2) is 83.7 Å². The lowest BCUT2D eigenvalue weighted by Crippen LogP contribution is -2.32. The Morgan fingerprint density at radius 3 is 2.50 bits per heavy atom. The van der Waals surface area contributed by atoms with Gasteiger partial charge in [-0.3, -0.25) is 9.59 Å². The quantitative estimate of drug-likeness (QED) is 0.530. The summed E-state index contributed by atoms with van der Waals surface area (Å²) in [7, 11) is 1.56. The first kappa shape index (κ1) is 19.5. The summed E-state index contributed by atoms with van der Waals surface area (Å²) in [6.45, 7) is 2.11. The fraction of sp³-hybridized carbons (Fsp3) is 0.120. The summed E-state index contributed by atoms with van der Waals surface area (Å²) in [6, 6.07) is 24.1. The van der Waals surface area contributed by atoms with Crippen LogP contribution < -0.4 is 15.2 Å². The molecule has 5 heteroatoms. The van der Waals surface area contributed by atoms with Crippen LogP contribution in [-0.4, -0.2) is 18.0 Å². The third kappa shape index (κ3) is 3.82. The number of nitrogens with zero attached hydrogens (tertiary/aromatic N) is 1. The number of carbonyl (C=O) groups excluding carboxylic acids is 1. The molecule has 150 valence electrons. The van der Waals surface area contributed by atoms with Gasteiger partial charge < -0.3 is 14.6 Å². The molecule has 3 aromatic carbocycles. The number of pyridine rings is 1. The maximum Gasteiger partial charge on any atom is 0.258 e. The molecule has 1 N–H and O–H groups in total. The highest BCUT2D eigenvalue weighted by Gasteiger charge is 2.20. The number of ether oxygens (including phenoxy) is 1. The molecule has 0 aliphatic heterocycles. The highest BCUT2D eigenvalue weighted by atomic mass is 16.5. The molecule has 4 aromatic rings. The molecule has 0 bridgehead atoms. The molecule has 1 heterocycles. The molecule has 0 fully saturated rings. The Labute approximate surface area is 174 Å². The minimum absolute atomic E-state index is 0.152. The molecule has 0 aliphatic rings. The van der Waals surface area contributed by atoms with Crippen LogP contribution >= 0.6 is 0 Å². The van der Waals surface area contributed by atoms with Crippen LogP contribution in [-0.2, 0) is 6.54 Å². The molecule has 1 amide bonds. The molecule has 0 saturated heterocycles. The number of hydrogen-bond acceptors (Lipinski definition) is 3. The van der Waals surface area contributed by atoms with Gasteiger partial charge in [0.1, 0.15) is 5.75 Å². The van der Waals surface area contributed by atoms with E-state index in [4.69, 9.17) is 4.74 Å². The first-order valence-corrected chi connectivity index (χ1v) is 9.69. The predicted molar refractivity (Wildman–Crippen MR) is 119 cm³/mol. The Kier molecular flexibility index (Phi) is 5.35. The van der Waals surface area contributed by atoms with E-state index in [-0.39, 0.29) is 18.0 Å². The SMILES string of the molecule is COc1cccc(C(=O)N(Cc2cc3cccc(C)c3[nH]c2=O)c2ccccc2)c1. The highest BCUT2D eigenvalue weighted by molar-refractivity contribution is 6.06.